The zero-order valence-corrected chi connectivity index (χ0v) is 12.6. The van der Waals surface area contributed by atoms with Crippen LogP contribution in [0.5, 0.6) is 0 Å². The first kappa shape index (κ1) is 13.6. The minimum Gasteiger partial charge on any atom is -0.334 e. The highest BCUT2D eigenvalue weighted by molar-refractivity contribution is 7.98. The number of aryl methyl sites for hydroxylation is 2. The van der Waals surface area contributed by atoms with Crippen molar-refractivity contribution in [2.24, 2.45) is 0 Å². The second-order valence-electron chi connectivity index (χ2n) is 4.64. The molecule has 0 radical (unpaired) electrons. The van der Waals surface area contributed by atoms with E-state index in [4.69, 9.17) is 5.84 Å². The van der Waals surface area contributed by atoms with Gasteiger partial charge in [-0.3, -0.25) is 4.98 Å². The molecule has 3 heterocycles. The number of aromatic nitrogens is 6. The Balaban J connectivity index is 1.81. The SMILES string of the molecule is Cc1cc(C)n(-c2nnc(SCc3cccnc3)n2N)n1. The predicted molar refractivity (Wildman–Crippen MR) is 80.6 cm³/mol. The number of thioether (sulfide) groups is 1. The Bertz CT molecular complexity index is 747. The molecule has 3 aromatic rings. The van der Waals surface area contributed by atoms with E-state index in [1.165, 1.54) is 16.4 Å². The molecule has 0 aliphatic rings. The molecule has 0 aliphatic carbocycles. The zero-order valence-electron chi connectivity index (χ0n) is 11.8. The van der Waals surface area contributed by atoms with Crippen molar-refractivity contribution < 1.29 is 0 Å². The Hall–Kier alpha value is -2.35. The van der Waals surface area contributed by atoms with E-state index in [2.05, 4.69) is 20.3 Å². The van der Waals surface area contributed by atoms with E-state index >= 15 is 0 Å². The fourth-order valence-electron chi connectivity index (χ4n) is 1.97. The summed E-state index contributed by atoms with van der Waals surface area (Å²) in [5.74, 6) is 7.32. The summed E-state index contributed by atoms with van der Waals surface area (Å²) in [7, 11) is 0. The quantitative estimate of drug-likeness (QED) is 0.580. The van der Waals surface area contributed by atoms with Gasteiger partial charge in [-0.25, -0.2) is 9.36 Å². The molecular weight excluding hydrogens is 286 g/mol. The highest BCUT2D eigenvalue weighted by atomic mass is 32.2. The molecule has 21 heavy (non-hydrogen) atoms. The van der Waals surface area contributed by atoms with Crippen molar-refractivity contribution in [3.05, 3.63) is 47.5 Å². The molecule has 108 valence electrons. The van der Waals surface area contributed by atoms with Gasteiger partial charge in [0.2, 0.25) is 5.16 Å². The van der Waals surface area contributed by atoms with Crippen LogP contribution in [0.3, 0.4) is 0 Å². The van der Waals surface area contributed by atoms with Crippen molar-refractivity contribution in [2.45, 2.75) is 24.8 Å². The van der Waals surface area contributed by atoms with Crippen LogP contribution in [-0.2, 0) is 5.75 Å². The number of rotatable bonds is 4. The fraction of sp³-hybridized carbons (Fsp3) is 0.231. The lowest BCUT2D eigenvalue weighted by Gasteiger charge is -2.04. The summed E-state index contributed by atoms with van der Waals surface area (Å²) in [6.45, 7) is 3.88. The molecule has 0 fully saturated rings. The second kappa shape index (κ2) is 5.57. The number of hydrogen-bond acceptors (Lipinski definition) is 6. The van der Waals surface area contributed by atoms with Crippen LogP contribution >= 0.6 is 11.8 Å². The highest BCUT2D eigenvalue weighted by Gasteiger charge is 2.14. The monoisotopic (exact) mass is 301 g/mol. The second-order valence-corrected chi connectivity index (χ2v) is 5.58. The van der Waals surface area contributed by atoms with E-state index < -0.39 is 0 Å². The normalized spacial score (nSPS) is 11.0. The van der Waals surface area contributed by atoms with Gasteiger partial charge in [-0.2, -0.15) is 5.10 Å². The van der Waals surface area contributed by atoms with Gasteiger partial charge in [0.15, 0.2) is 0 Å². The lowest BCUT2D eigenvalue weighted by Crippen LogP contribution is -2.17. The maximum absolute atomic E-state index is 6.07. The Morgan fingerprint density at radius 1 is 1.29 bits per heavy atom. The fourth-order valence-corrected chi connectivity index (χ4v) is 2.76. The molecule has 0 saturated carbocycles. The summed E-state index contributed by atoms with van der Waals surface area (Å²) < 4.78 is 3.15. The molecule has 0 aromatic carbocycles. The van der Waals surface area contributed by atoms with Gasteiger partial charge >= 0.3 is 0 Å². The maximum atomic E-state index is 6.07. The summed E-state index contributed by atoms with van der Waals surface area (Å²) >= 11 is 1.51. The lowest BCUT2D eigenvalue weighted by molar-refractivity contribution is 0.727. The molecule has 0 bridgehead atoms. The largest absolute Gasteiger partial charge is 0.334 e. The molecule has 0 aliphatic heterocycles. The zero-order chi connectivity index (χ0) is 14.8. The Kier molecular flexibility index (Phi) is 3.61. The van der Waals surface area contributed by atoms with Crippen LogP contribution in [0.25, 0.3) is 5.95 Å². The van der Waals surface area contributed by atoms with Gasteiger partial charge in [0, 0.05) is 23.8 Å². The van der Waals surface area contributed by atoms with E-state index in [-0.39, 0.29) is 0 Å². The van der Waals surface area contributed by atoms with Gasteiger partial charge in [0.05, 0.1) is 5.69 Å². The Morgan fingerprint density at radius 2 is 2.14 bits per heavy atom. The van der Waals surface area contributed by atoms with Crippen molar-refractivity contribution in [2.75, 3.05) is 5.84 Å². The third-order valence-corrected chi connectivity index (χ3v) is 3.95. The first-order valence-corrected chi connectivity index (χ1v) is 7.39. The molecule has 8 heteroatoms. The first-order valence-electron chi connectivity index (χ1n) is 6.41. The van der Waals surface area contributed by atoms with Crippen LogP contribution in [0, 0.1) is 13.8 Å². The van der Waals surface area contributed by atoms with Crippen LogP contribution in [-0.4, -0.2) is 29.6 Å². The van der Waals surface area contributed by atoms with E-state index in [1.807, 2.05) is 38.2 Å². The van der Waals surface area contributed by atoms with Gasteiger partial charge in [-0.05, 0) is 31.5 Å². The minimum absolute atomic E-state index is 0.509. The van der Waals surface area contributed by atoms with Crippen LogP contribution in [0.4, 0.5) is 0 Å². The number of nitrogens with two attached hydrogens (primary N) is 1. The third-order valence-electron chi connectivity index (χ3n) is 2.94. The van der Waals surface area contributed by atoms with Crippen molar-refractivity contribution in [3.63, 3.8) is 0 Å². The molecule has 2 N–H and O–H groups in total. The van der Waals surface area contributed by atoms with Gasteiger partial charge < -0.3 is 5.84 Å². The van der Waals surface area contributed by atoms with Crippen LogP contribution in [0.2, 0.25) is 0 Å². The van der Waals surface area contributed by atoms with Crippen molar-refractivity contribution in [1.29, 1.82) is 0 Å². The average molecular weight is 301 g/mol. The van der Waals surface area contributed by atoms with E-state index in [0.29, 0.717) is 11.1 Å². The van der Waals surface area contributed by atoms with Crippen LogP contribution in [0.1, 0.15) is 17.0 Å². The van der Waals surface area contributed by atoms with E-state index in [0.717, 1.165) is 22.7 Å². The molecular formula is C13H15N7S. The molecule has 7 nitrogen and oxygen atoms in total. The molecule has 3 aromatic heterocycles. The molecule has 0 amide bonds. The van der Waals surface area contributed by atoms with Gasteiger partial charge in [0.1, 0.15) is 0 Å². The highest BCUT2D eigenvalue weighted by Crippen LogP contribution is 2.21. The summed E-state index contributed by atoms with van der Waals surface area (Å²) in [4.78, 5) is 4.09. The van der Waals surface area contributed by atoms with Crippen LogP contribution in [0.15, 0.2) is 35.7 Å². The predicted octanol–water partition coefficient (Wildman–Crippen LogP) is 1.48. The third kappa shape index (κ3) is 2.75. The molecule has 0 saturated heterocycles. The molecule has 3 rings (SSSR count). The van der Waals surface area contributed by atoms with Gasteiger partial charge in [0.25, 0.3) is 5.95 Å². The summed E-state index contributed by atoms with van der Waals surface area (Å²) in [5, 5.41) is 13.3. The van der Waals surface area contributed by atoms with Crippen molar-refractivity contribution in [1.82, 2.24) is 29.6 Å². The van der Waals surface area contributed by atoms with Crippen molar-refractivity contribution in [3.8, 4) is 5.95 Å². The van der Waals surface area contributed by atoms with E-state index in [9.17, 15) is 0 Å². The Morgan fingerprint density at radius 3 is 2.81 bits per heavy atom. The number of nitrogens with zero attached hydrogens (tertiary/aromatic N) is 6. The maximum Gasteiger partial charge on any atom is 0.271 e. The standard InChI is InChI=1S/C13H15N7S/c1-9-6-10(2)20(18-9)12-16-17-13(19(12)14)21-8-11-4-3-5-15-7-11/h3-7H,8,14H2,1-2H3. The minimum atomic E-state index is 0.509. The van der Waals surface area contributed by atoms with E-state index in [1.54, 1.807) is 10.9 Å². The number of pyridine rings is 1. The van der Waals surface area contributed by atoms with Gasteiger partial charge in [-0.1, -0.05) is 17.8 Å². The number of hydrogen-bond donors (Lipinski definition) is 1. The van der Waals surface area contributed by atoms with Crippen LogP contribution < -0.4 is 5.84 Å². The average Bonchev–Trinajstić information content (AvgIpc) is 3.00. The summed E-state index contributed by atoms with van der Waals surface area (Å²) in [5.41, 5.74) is 2.99. The Labute approximate surface area is 126 Å². The molecule has 0 atom stereocenters. The smallest absolute Gasteiger partial charge is 0.271 e. The summed E-state index contributed by atoms with van der Waals surface area (Å²) in [6.07, 6.45) is 3.58. The molecule has 0 unspecified atom stereocenters. The lowest BCUT2D eigenvalue weighted by atomic mass is 10.3. The topological polar surface area (TPSA) is 87.4 Å². The summed E-state index contributed by atoms with van der Waals surface area (Å²) in [6, 6.07) is 5.89. The molecule has 0 spiro atoms. The van der Waals surface area contributed by atoms with Gasteiger partial charge in [-0.15, -0.1) is 10.2 Å². The number of nitrogen functional groups attached to an aromatic ring is 1. The first-order chi connectivity index (χ1) is 10.1. The van der Waals surface area contributed by atoms with Crippen molar-refractivity contribution >= 4 is 11.8 Å².